The van der Waals surface area contributed by atoms with Crippen LogP contribution in [0.1, 0.15) is 36.6 Å². The number of benzene rings is 3. The molecule has 0 aliphatic heterocycles. The zero-order valence-corrected chi connectivity index (χ0v) is 20.5. The van der Waals surface area contributed by atoms with Crippen molar-refractivity contribution in [3.8, 4) is 5.75 Å². The maximum absolute atomic E-state index is 12.7. The summed E-state index contributed by atoms with van der Waals surface area (Å²) in [6.07, 6.45) is 1.49. The standard InChI is InChI=1S/C26H22ClN5O6/c27-19-9-15(23(34)28-11-14-2-1-3-17(33)8-14)4-6-18(19)25(36)32-22(26(37)38)12-29-24(35)16-5-7-20-21(10-16)31-13-30-20/h1-10,13,22,33H,11-12H2,(H,28,34)(H,29,35)(H,30,31)(H,32,36)(H,37,38)/t22-/m0/s1. The number of aromatic amines is 1. The van der Waals surface area contributed by atoms with Gasteiger partial charge in [-0.15, -0.1) is 0 Å². The predicted octanol–water partition coefficient (Wildman–Crippen LogP) is 2.46. The molecule has 0 bridgehead atoms. The molecule has 0 saturated heterocycles. The van der Waals surface area contributed by atoms with Crippen molar-refractivity contribution in [2.45, 2.75) is 12.6 Å². The van der Waals surface area contributed by atoms with Crippen LogP contribution >= 0.6 is 11.6 Å². The minimum absolute atomic E-state index is 0.0437. The molecule has 6 N–H and O–H groups in total. The number of phenols is 1. The number of halogens is 1. The Morgan fingerprint density at radius 3 is 2.39 bits per heavy atom. The molecule has 0 radical (unpaired) electrons. The number of amides is 3. The van der Waals surface area contributed by atoms with E-state index in [4.69, 9.17) is 11.6 Å². The number of fused-ring (bicyclic) bond motifs is 1. The van der Waals surface area contributed by atoms with Gasteiger partial charge in [-0.1, -0.05) is 23.7 Å². The summed E-state index contributed by atoms with van der Waals surface area (Å²) >= 11 is 6.22. The Bertz CT molecular complexity index is 1540. The molecule has 0 saturated carbocycles. The molecule has 1 heterocycles. The Kier molecular flexibility index (Phi) is 7.88. The number of aliphatic carboxylic acids is 1. The van der Waals surface area contributed by atoms with Gasteiger partial charge in [-0.2, -0.15) is 0 Å². The molecule has 11 nitrogen and oxygen atoms in total. The first kappa shape index (κ1) is 26.2. The van der Waals surface area contributed by atoms with Crippen LogP contribution < -0.4 is 16.0 Å². The summed E-state index contributed by atoms with van der Waals surface area (Å²) in [7, 11) is 0. The van der Waals surface area contributed by atoms with Crippen molar-refractivity contribution < 1.29 is 29.4 Å². The zero-order chi connectivity index (χ0) is 27.2. The fourth-order valence-corrected chi connectivity index (χ4v) is 3.86. The van der Waals surface area contributed by atoms with Gasteiger partial charge < -0.3 is 31.1 Å². The SMILES string of the molecule is O=C(NCc1cccc(O)c1)c1ccc(C(=O)N[C@@H](CNC(=O)c2ccc3[nH]cnc3c2)C(=O)O)c(Cl)c1. The summed E-state index contributed by atoms with van der Waals surface area (Å²) in [5.74, 6) is -3.07. The number of carboxylic acid groups (broad SMARTS) is 1. The Hall–Kier alpha value is -4.90. The van der Waals surface area contributed by atoms with Crippen molar-refractivity contribution in [3.05, 3.63) is 94.3 Å². The summed E-state index contributed by atoms with van der Waals surface area (Å²) in [6, 6.07) is 13.7. The van der Waals surface area contributed by atoms with Crippen LogP contribution in [-0.2, 0) is 11.3 Å². The van der Waals surface area contributed by atoms with E-state index in [0.717, 1.165) is 5.52 Å². The number of carbonyl (C=O) groups excluding carboxylic acids is 3. The van der Waals surface area contributed by atoms with E-state index in [0.29, 0.717) is 11.1 Å². The Morgan fingerprint density at radius 2 is 1.66 bits per heavy atom. The van der Waals surface area contributed by atoms with Crippen molar-refractivity contribution in [1.29, 1.82) is 0 Å². The van der Waals surface area contributed by atoms with Gasteiger partial charge in [0.15, 0.2) is 0 Å². The molecule has 4 rings (SSSR count). The Morgan fingerprint density at radius 1 is 0.921 bits per heavy atom. The van der Waals surface area contributed by atoms with Crippen LogP contribution in [-0.4, -0.2) is 56.5 Å². The minimum Gasteiger partial charge on any atom is -0.508 e. The molecule has 1 atom stereocenters. The lowest BCUT2D eigenvalue weighted by Gasteiger charge is -2.16. The predicted molar refractivity (Wildman–Crippen MR) is 138 cm³/mol. The lowest BCUT2D eigenvalue weighted by atomic mass is 10.1. The Balaban J connectivity index is 1.36. The van der Waals surface area contributed by atoms with Gasteiger partial charge >= 0.3 is 5.97 Å². The van der Waals surface area contributed by atoms with E-state index in [2.05, 4.69) is 25.9 Å². The van der Waals surface area contributed by atoms with Crippen LogP contribution in [0.25, 0.3) is 11.0 Å². The van der Waals surface area contributed by atoms with Gasteiger partial charge in [-0.25, -0.2) is 9.78 Å². The van der Waals surface area contributed by atoms with E-state index in [-0.39, 0.29) is 40.6 Å². The zero-order valence-electron chi connectivity index (χ0n) is 19.7. The molecule has 0 unspecified atom stereocenters. The van der Waals surface area contributed by atoms with E-state index in [9.17, 15) is 29.4 Å². The van der Waals surface area contributed by atoms with E-state index in [1.54, 1.807) is 30.3 Å². The molecule has 3 aromatic carbocycles. The van der Waals surface area contributed by atoms with E-state index in [1.807, 2.05) is 0 Å². The molecule has 12 heteroatoms. The van der Waals surface area contributed by atoms with E-state index < -0.39 is 29.7 Å². The van der Waals surface area contributed by atoms with Crippen LogP contribution in [0.4, 0.5) is 0 Å². The first-order chi connectivity index (χ1) is 18.2. The fourth-order valence-electron chi connectivity index (χ4n) is 3.60. The highest BCUT2D eigenvalue weighted by Crippen LogP contribution is 2.19. The van der Waals surface area contributed by atoms with Gasteiger partial charge in [-0.3, -0.25) is 14.4 Å². The molecule has 3 amide bonds. The van der Waals surface area contributed by atoms with Gasteiger partial charge in [-0.05, 0) is 54.1 Å². The molecular weight excluding hydrogens is 514 g/mol. The number of hydrogen-bond acceptors (Lipinski definition) is 6. The third-order valence-electron chi connectivity index (χ3n) is 5.59. The number of aromatic hydroxyl groups is 1. The summed E-state index contributed by atoms with van der Waals surface area (Å²) in [6.45, 7) is -0.222. The summed E-state index contributed by atoms with van der Waals surface area (Å²) in [5.41, 5.74) is 2.43. The number of aromatic nitrogens is 2. The molecule has 1 aromatic heterocycles. The van der Waals surface area contributed by atoms with Crippen molar-refractivity contribution in [2.75, 3.05) is 6.54 Å². The van der Waals surface area contributed by atoms with Gasteiger partial charge in [0.25, 0.3) is 17.7 Å². The van der Waals surface area contributed by atoms with Crippen molar-refractivity contribution in [1.82, 2.24) is 25.9 Å². The van der Waals surface area contributed by atoms with Crippen LogP contribution in [0, 0.1) is 0 Å². The number of nitrogens with zero attached hydrogens (tertiary/aromatic N) is 1. The third-order valence-corrected chi connectivity index (χ3v) is 5.91. The first-order valence-corrected chi connectivity index (χ1v) is 11.7. The smallest absolute Gasteiger partial charge is 0.328 e. The highest BCUT2D eigenvalue weighted by molar-refractivity contribution is 6.34. The quantitative estimate of drug-likeness (QED) is 0.191. The largest absolute Gasteiger partial charge is 0.508 e. The second-order valence-electron chi connectivity index (χ2n) is 8.26. The number of H-pyrrole nitrogens is 1. The molecule has 0 fully saturated rings. The monoisotopic (exact) mass is 535 g/mol. The molecule has 194 valence electrons. The van der Waals surface area contributed by atoms with Gasteiger partial charge in [0, 0.05) is 24.2 Å². The van der Waals surface area contributed by atoms with E-state index in [1.165, 1.54) is 36.7 Å². The fraction of sp³-hybridized carbons (Fsp3) is 0.115. The number of rotatable bonds is 9. The third kappa shape index (κ3) is 6.26. The molecule has 0 spiro atoms. The molecular formula is C26H22ClN5O6. The molecule has 38 heavy (non-hydrogen) atoms. The number of phenolic OH excluding ortho intramolecular Hbond substituents is 1. The van der Waals surface area contributed by atoms with E-state index >= 15 is 0 Å². The van der Waals surface area contributed by atoms with Crippen molar-refractivity contribution >= 4 is 46.3 Å². The molecule has 4 aromatic rings. The van der Waals surface area contributed by atoms with Gasteiger partial charge in [0.2, 0.25) is 0 Å². The first-order valence-electron chi connectivity index (χ1n) is 11.3. The van der Waals surface area contributed by atoms with Gasteiger partial charge in [0.1, 0.15) is 11.8 Å². The number of nitrogens with one attached hydrogen (secondary N) is 4. The maximum Gasteiger partial charge on any atom is 0.328 e. The van der Waals surface area contributed by atoms with Gasteiger partial charge in [0.05, 0.1) is 27.9 Å². The number of carboxylic acids is 1. The summed E-state index contributed by atoms with van der Waals surface area (Å²) < 4.78 is 0. The lowest BCUT2D eigenvalue weighted by molar-refractivity contribution is -0.139. The van der Waals surface area contributed by atoms with Crippen molar-refractivity contribution in [2.24, 2.45) is 0 Å². The topological polar surface area (TPSA) is 174 Å². The normalized spacial score (nSPS) is 11.5. The minimum atomic E-state index is -1.44. The second-order valence-corrected chi connectivity index (χ2v) is 8.66. The molecule has 0 aliphatic carbocycles. The van der Waals surface area contributed by atoms with Crippen molar-refractivity contribution in [3.63, 3.8) is 0 Å². The van der Waals surface area contributed by atoms with Crippen LogP contribution in [0.2, 0.25) is 5.02 Å². The number of carbonyl (C=O) groups is 4. The summed E-state index contributed by atoms with van der Waals surface area (Å²) in [4.78, 5) is 56.4. The average Bonchev–Trinajstić information content (AvgIpc) is 3.37. The van der Waals surface area contributed by atoms with Crippen LogP contribution in [0.5, 0.6) is 5.75 Å². The number of imidazole rings is 1. The lowest BCUT2D eigenvalue weighted by Crippen LogP contribution is -2.48. The highest BCUT2D eigenvalue weighted by atomic mass is 35.5. The summed E-state index contributed by atoms with van der Waals surface area (Å²) in [5, 5.41) is 26.5. The highest BCUT2D eigenvalue weighted by Gasteiger charge is 2.23. The average molecular weight is 536 g/mol. The Labute approximate surface area is 220 Å². The molecule has 0 aliphatic rings. The van der Waals surface area contributed by atoms with Crippen LogP contribution in [0.3, 0.4) is 0 Å². The van der Waals surface area contributed by atoms with Crippen LogP contribution in [0.15, 0.2) is 67.0 Å². The maximum atomic E-state index is 12.7. The number of hydrogen-bond donors (Lipinski definition) is 6. The second kappa shape index (κ2) is 11.4.